The molecular formula is C16H17ClN2O4S. The maximum atomic E-state index is 12.6. The lowest BCUT2D eigenvalue weighted by molar-refractivity contribution is -0.114. The Morgan fingerprint density at radius 3 is 2.50 bits per heavy atom. The van der Waals surface area contributed by atoms with Gasteiger partial charge in [0.15, 0.2) is 0 Å². The van der Waals surface area contributed by atoms with Crippen molar-refractivity contribution in [2.75, 3.05) is 17.1 Å². The molecule has 0 aliphatic rings. The number of ether oxygens (including phenoxy) is 1. The van der Waals surface area contributed by atoms with Gasteiger partial charge in [-0.2, -0.15) is 0 Å². The number of carbonyl (C=O) groups is 1. The molecular weight excluding hydrogens is 352 g/mol. The number of aryl methyl sites for hydroxylation is 1. The zero-order chi connectivity index (χ0) is 17.9. The molecule has 0 saturated carbocycles. The molecule has 128 valence electrons. The van der Waals surface area contributed by atoms with Gasteiger partial charge in [0.1, 0.15) is 5.75 Å². The molecule has 0 aromatic heterocycles. The number of sulfonamides is 1. The molecule has 0 fully saturated rings. The number of nitrogens with one attached hydrogen (secondary N) is 2. The van der Waals surface area contributed by atoms with Crippen LogP contribution in [0.2, 0.25) is 5.02 Å². The van der Waals surface area contributed by atoms with Gasteiger partial charge in [0.2, 0.25) is 5.91 Å². The lowest BCUT2D eigenvalue weighted by Gasteiger charge is -2.14. The minimum absolute atomic E-state index is 0.0897. The Morgan fingerprint density at radius 2 is 1.88 bits per heavy atom. The molecule has 24 heavy (non-hydrogen) atoms. The summed E-state index contributed by atoms with van der Waals surface area (Å²) < 4.78 is 32.8. The Morgan fingerprint density at radius 1 is 1.17 bits per heavy atom. The first-order chi connectivity index (χ1) is 11.2. The van der Waals surface area contributed by atoms with Crippen molar-refractivity contribution in [3.8, 4) is 5.75 Å². The third-order valence-corrected chi connectivity index (χ3v) is 4.96. The normalized spacial score (nSPS) is 11.0. The first kappa shape index (κ1) is 18.1. The van der Waals surface area contributed by atoms with E-state index in [2.05, 4.69) is 10.0 Å². The highest BCUT2D eigenvalue weighted by Crippen LogP contribution is 2.30. The number of hydrogen-bond donors (Lipinski definition) is 2. The maximum absolute atomic E-state index is 12.6. The number of halogens is 1. The van der Waals surface area contributed by atoms with Gasteiger partial charge in [-0.15, -0.1) is 0 Å². The van der Waals surface area contributed by atoms with Crippen LogP contribution in [0.4, 0.5) is 11.4 Å². The summed E-state index contributed by atoms with van der Waals surface area (Å²) in [5, 5.41) is 2.92. The topological polar surface area (TPSA) is 84.5 Å². The molecule has 0 aliphatic carbocycles. The summed E-state index contributed by atoms with van der Waals surface area (Å²) in [5.74, 6) is 0.131. The fourth-order valence-electron chi connectivity index (χ4n) is 2.13. The summed E-state index contributed by atoms with van der Waals surface area (Å²) >= 11 is 5.89. The Kier molecular flexibility index (Phi) is 5.36. The number of rotatable bonds is 5. The number of hydrogen-bond acceptors (Lipinski definition) is 4. The van der Waals surface area contributed by atoms with Crippen LogP contribution in [0.25, 0.3) is 0 Å². The fourth-order valence-corrected chi connectivity index (χ4v) is 3.69. The van der Waals surface area contributed by atoms with Crippen LogP contribution in [-0.2, 0) is 14.8 Å². The molecule has 2 rings (SSSR count). The highest BCUT2D eigenvalue weighted by molar-refractivity contribution is 7.92. The minimum atomic E-state index is -3.82. The fraction of sp³-hybridized carbons (Fsp3) is 0.188. The number of amides is 1. The van der Waals surface area contributed by atoms with Crippen molar-refractivity contribution in [1.82, 2.24) is 0 Å². The molecule has 1 amide bonds. The van der Waals surface area contributed by atoms with E-state index in [0.717, 1.165) is 0 Å². The van der Waals surface area contributed by atoms with Crippen LogP contribution in [0, 0.1) is 6.92 Å². The van der Waals surface area contributed by atoms with Gasteiger partial charge in [-0.1, -0.05) is 17.7 Å². The Bertz CT molecular complexity index is 882. The standard InChI is InChI=1S/C16H17ClN2O4S/c1-10-4-5-12(17)8-16(10)24(21,22)19-13-6-7-15(23-3)14(9-13)18-11(2)20/h4-9,19H,1-3H3,(H,18,20). The lowest BCUT2D eigenvalue weighted by atomic mass is 10.2. The third-order valence-electron chi connectivity index (χ3n) is 3.20. The van der Waals surface area contributed by atoms with Crippen molar-refractivity contribution >= 4 is 38.9 Å². The summed E-state index contributed by atoms with van der Waals surface area (Å²) in [4.78, 5) is 11.4. The molecule has 8 heteroatoms. The summed E-state index contributed by atoms with van der Waals surface area (Å²) in [7, 11) is -2.36. The SMILES string of the molecule is COc1ccc(NS(=O)(=O)c2cc(Cl)ccc2C)cc1NC(C)=O. The number of anilines is 2. The van der Waals surface area contributed by atoms with E-state index in [1.54, 1.807) is 31.2 Å². The average Bonchev–Trinajstić information content (AvgIpc) is 2.49. The van der Waals surface area contributed by atoms with Crippen LogP contribution in [0.15, 0.2) is 41.3 Å². The van der Waals surface area contributed by atoms with Gasteiger partial charge >= 0.3 is 0 Å². The van der Waals surface area contributed by atoms with Crippen LogP contribution in [0.5, 0.6) is 5.75 Å². The molecule has 2 N–H and O–H groups in total. The van der Waals surface area contributed by atoms with E-state index in [1.807, 2.05) is 0 Å². The minimum Gasteiger partial charge on any atom is -0.495 e. The van der Waals surface area contributed by atoms with Crippen molar-refractivity contribution in [2.24, 2.45) is 0 Å². The summed E-state index contributed by atoms with van der Waals surface area (Å²) in [6.07, 6.45) is 0. The predicted octanol–water partition coefficient (Wildman–Crippen LogP) is 3.42. The largest absolute Gasteiger partial charge is 0.495 e. The Labute approximate surface area is 145 Å². The molecule has 0 aliphatic heterocycles. The highest BCUT2D eigenvalue weighted by atomic mass is 35.5. The Hall–Kier alpha value is -2.25. The van der Waals surface area contributed by atoms with Crippen molar-refractivity contribution in [3.63, 3.8) is 0 Å². The predicted molar refractivity (Wildman–Crippen MR) is 94.3 cm³/mol. The van der Waals surface area contributed by atoms with E-state index in [0.29, 0.717) is 27.7 Å². The second-order valence-electron chi connectivity index (χ2n) is 5.11. The van der Waals surface area contributed by atoms with Crippen molar-refractivity contribution in [1.29, 1.82) is 0 Å². The third kappa shape index (κ3) is 4.18. The van der Waals surface area contributed by atoms with E-state index in [-0.39, 0.29) is 10.8 Å². The summed E-state index contributed by atoms with van der Waals surface area (Å²) in [5.41, 5.74) is 1.23. The molecule has 0 bridgehead atoms. The molecule has 0 unspecified atom stereocenters. The first-order valence-electron chi connectivity index (χ1n) is 6.97. The van der Waals surface area contributed by atoms with Crippen molar-refractivity contribution in [2.45, 2.75) is 18.7 Å². The molecule has 0 spiro atoms. The van der Waals surface area contributed by atoms with Crippen LogP contribution in [0.3, 0.4) is 0 Å². The maximum Gasteiger partial charge on any atom is 0.262 e. The van der Waals surface area contributed by atoms with Crippen LogP contribution in [0.1, 0.15) is 12.5 Å². The zero-order valence-corrected chi connectivity index (χ0v) is 15.0. The van der Waals surface area contributed by atoms with Crippen molar-refractivity contribution in [3.05, 3.63) is 47.0 Å². The molecule has 0 heterocycles. The van der Waals surface area contributed by atoms with E-state index in [1.165, 1.54) is 26.2 Å². The second kappa shape index (κ2) is 7.11. The molecule has 0 radical (unpaired) electrons. The van der Waals surface area contributed by atoms with Crippen LogP contribution in [-0.4, -0.2) is 21.4 Å². The molecule has 2 aromatic rings. The van der Waals surface area contributed by atoms with Crippen molar-refractivity contribution < 1.29 is 17.9 Å². The molecule has 0 saturated heterocycles. The second-order valence-corrected chi connectivity index (χ2v) is 7.20. The van der Waals surface area contributed by atoms with Gasteiger partial charge in [-0.25, -0.2) is 8.42 Å². The Balaban J connectivity index is 2.39. The van der Waals surface area contributed by atoms with Gasteiger partial charge in [-0.05, 0) is 42.8 Å². The smallest absolute Gasteiger partial charge is 0.262 e. The lowest BCUT2D eigenvalue weighted by Crippen LogP contribution is -2.15. The van der Waals surface area contributed by atoms with E-state index in [4.69, 9.17) is 16.3 Å². The van der Waals surface area contributed by atoms with Crippen LogP contribution >= 0.6 is 11.6 Å². The highest BCUT2D eigenvalue weighted by Gasteiger charge is 2.18. The number of benzene rings is 2. The summed E-state index contributed by atoms with van der Waals surface area (Å²) in [6, 6.07) is 9.23. The number of carbonyl (C=O) groups excluding carboxylic acids is 1. The van der Waals surface area contributed by atoms with E-state index in [9.17, 15) is 13.2 Å². The van der Waals surface area contributed by atoms with Gasteiger partial charge in [-0.3, -0.25) is 9.52 Å². The van der Waals surface area contributed by atoms with Gasteiger partial charge in [0.05, 0.1) is 23.4 Å². The quantitative estimate of drug-likeness (QED) is 0.846. The number of methoxy groups -OCH3 is 1. The molecule has 6 nitrogen and oxygen atoms in total. The zero-order valence-electron chi connectivity index (χ0n) is 13.4. The van der Waals surface area contributed by atoms with E-state index < -0.39 is 10.0 Å². The first-order valence-corrected chi connectivity index (χ1v) is 8.83. The van der Waals surface area contributed by atoms with Crippen LogP contribution < -0.4 is 14.8 Å². The summed E-state index contributed by atoms with van der Waals surface area (Å²) in [6.45, 7) is 3.03. The average molecular weight is 369 g/mol. The monoisotopic (exact) mass is 368 g/mol. The van der Waals surface area contributed by atoms with Gasteiger partial charge < -0.3 is 10.1 Å². The van der Waals surface area contributed by atoms with Gasteiger partial charge in [0.25, 0.3) is 10.0 Å². The molecule has 0 atom stereocenters. The van der Waals surface area contributed by atoms with E-state index >= 15 is 0 Å². The van der Waals surface area contributed by atoms with Gasteiger partial charge in [0, 0.05) is 11.9 Å². The molecule has 2 aromatic carbocycles.